The highest BCUT2D eigenvalue weighted by Crippen LogP contribution is 2.28. The van der Waals surface area contributed by atoms with E-state index in [9.17, 15) is 9.59 Å². The highest BCUT2D eigenvalue weighted by molar-refractivity contribution is 6.07. The molecule has 1 saturated heterocycles. The number of para-hydroxylation sites is 1. The van der Waals surface area contributed by atoms with Crippen LogP contribution in [-0.2, 0) is 4.79 Å². The fraction of sp³-hybridized carbons (Fsp3) is 0.250. The van der Waals surface area contributed by atoms with Crippen molar-refractivity contribution < 1.29 is 14.0 Å². The van der Waals surface area contributed by atoms with Gasteiger partial charge in [-0.1, -0.05) is 18.2 Å². The van der Waals surface area contributed by atoms with Crippen molar-refractivity contribution in [2.45, 2.75) is 13.3 Å². The summed E-state index contributed by atoms with van der Waals surface area (Å²) in [7, 11) is 0. The molecular weight excluding hydrogens is 330 g/mol. The summed E-state index contributed by atoms with van der Waals surface area (Å²) in [6.07, 6.45) is 0.605. The van der Waals surface area contributed by atoms with Gasteiger partial charge in [-0.25, -0.2) is 4.98 Å². The number of amides is 2. The Balaban J connectivity index is 1.78. The van der Waals surface area contributed by atoms with Gasteiger partial charge in [-0.05, 0) is 37.6 Å². The Hall–Kier alpha value is -3.15. The van der Waals surface area contributed by atoms with Crippen LogP contribution < -0.4 is 5.73 Å². The van der Waals surface area contributed by atoms with Crippen LogP contribution in [0.25, 0.3) is 22.4 Å². The number of furan rings is 1. The summed E-state index contributed by atoms with van der Waals surface area (Å²) in [4.78, 5) is 30.9. The molecule has 0 saturated carbocycles. The van der Waals surface area contributed by atoms with Crippen LogP contribution in [0.3, 0.4) is 0 Å². The minimum Gasteiger partial charge on any atom is -0.460 e. The monoisotopic (exact) mass is 349 g/mol. The summed E-state index contributed by atoms with van der Waals surface area (Å²) < 4.78 is 5.68. The molecule has 0 bridgehead atoms. The second-order valence-electron chi connectivity index (χ2n) is 6.62. The van der Waals surface area contributed by atoms with Gasteiger partial charge in [0.25, 0.3) is 5.91 Å². The van der Waals surface area contributed by atoms with Crippen LogP contribution in [-0.4, -0.2) is 34.8 Å². The number of benzene rings is 1. The fourth-order valence-corrected chi connectivity index (χ4v) is 3.40. The van der Waals surface area contributed by atoms with Crippen molar-refractivity contribution in [3.63, 3.8) is 0 Å². The number of hydrogen-bond acceptors (Lipinski definition) is 4. The second-order valence-corrected chi connectivity index (χ2v) is 6.62. The highest BCUT2D eigenvalue weighted by atomic mass is 16.3. The number of nitrogens with zero attached hydrogens (tertiary/aromatic N) is 2. The van der Waals surface area contributed by atoms with Crippen LogP contribution in [0.5, 0.6) is 0 Å². The van der Waals surface area contributed by atoms with Gasteiger partial charge in [-0.15, -0.1) is 0 Å². The molecule has 132 valence electrons. The standard InChI is InChI=1S/C20H19N3O3/c1-12-6-7-18(26-12)17-10-15(14-4-2-3-5-16(14)22-17)20(25)23-9-8-13(11-23)19(21)24/h2-7,10,13H,8-9,11H2,1H3,(H2,21,24)/t13-/m0/s1. The third-order valence-corrected chi connectivity index (χ3v) is 4.82. The Bertz CT molecular complexity index is 1010. The molecule has 0 unspecified atom stereocenters. The molecule has 3 aromatic rings. The van der Waals surface area contributed by atoms with E-state index in [-0.39, 0.29) is 17.7 Å². The summed E-state index contributed by atoms with van der Waals surface area (Å²) in [6.45, 7) is 2.75. The molecule has 2 N–H and O–H groups in total. The van der Waals surface area contributed by atoms with Crippen LogP contribution in [0.2, 0.25) is 0 Å². The van der Waals surface area contributed by atoms with Crippen molar-refractivity contribution in [2.75, 3.05) is 13.1 Å². The van der Waals surface area contributed by atoms with Crippen LogP contribution in [0.4, 0.5) is 0 Å². The molecule has 1 fully saturated rings. The predicted molar refractivity (Wildman–Crippen MR) is 97.4 cm³/mol. The van der Waals surface area contributed by atoms with Crippen molar-refractivity contribution >= 4 is 22.7 Å². The first-order valence-corrected chi connectivity index (χ1v) is 8.58. The lowest BCUT2D eigenvalue weighted by molar-refractivity contribution is -0.121. The van der Waals surface area contributed by atoms with Crippen molar-refractivity contribution in [3.8, 4) is 11.5 Å². The molecule has 6 heteroatoms. The van der Waals surface area contributed by atoms with Gasteiger partial charge in [0, 0.05) is 18.5 Å². The molecule has 6 nitrogen and oxygen atoms in total. The smallest absolute Gasteiger partial charge is 0.254 e. The van der Waals surface area contributed by atoms with E-state index in [1.165, 1.54) is 0 Å². The van der Waals surface area contributed by atoms with E-state index in [0.717, 1.165) is 16.7 Å². The first-order valence-electron chi connectivity index (χ1n) is 8.58. The van der Waals surface area contributed by atoms with Crippen LogP contribution >= 0.6 is 0 Å². The van der Waals surface area contributed by atoms with E-state index in [2.05, 4.69) is 4.98 Å². The largest absolute Gasteiger partial charge is 0.460 e. The van der Waals surface area contributed by atoms with Crippen LogP contribution in [0.15, 0.2) is 46.9 Å². The van der Waals surface area contributed by atoms with Gasteiger partial charge in [0.15, 0.2) is 5.76 Å². The molecule has 0 aliphatic carbocycles. The zero-order valence-corrected chi connectivity index (χ0v) is 14.4. The molecule has 1 aromatic carbocycles. The number of carbonyl (C=O) groups is 2. The summed E-state index contributed by atoms with van der Waals surface area (Å²) in [5.41, 5.74) is 7.30. The average molecular weight is 349 g/mol. The molecule has 2 aromatic heterocycles. The lowest BCUT2D eigenvalue weighted by atomic mass is 10.1. The minimum absolute atomic E-state index is 0.114. The molecule has 0 radical (unpaired) electrons. The number of hydrogen-bond donors (Lipinski definition) is 1. The zero-order chi connectivity index (χ0) is 18.3. The van der Waals surface area contributed by atoms with E-state index in [4.69, 9.17) is 10.2 Å². The van der Waals surface area contributed by atoms with Crippen molar-refractivity contribution in [3.05, 3.63) is 53.8 Å². The number of carbonyl (C=O) groups excluding carboxylic acids is 2. The number of primary amides is 1. The summed E-state index contributed by atoms with van der Waals surface area (Å²) in [5, 5.41) is 0.784. The fourth-order valence-electron chi connectivity index (χ4n) is 3.40. The maximum atomic E-state index is 13.1. The van der Waals surface area contributed by atoms with Gasteiger partial charge in [-0.3, -0.25) is 9.59 Å². The Morgan fingerprint density at radius 2 is 2.04 bits per heavy atom. The Kier molecular flexibility index (Phi) is 3.95. The molecule has 4 rings (SSSR count). The maximum Gasteiger partial charge on any atom is 0.254 e. The lowest BCUT2D eigenvalue weighted by Crippen LogP contribution is -2.31. The first kappa shape index (κ1) is 16.3. The first-order chi connectivity index (χ1) is 12.5. The van der Waals surface area contributed by atoms with Gasteiger partial charge in [-0.2, -0.15) is 0 Å². The van der Waals surface area contributed by atoms with Gasteiger partial charge in [0.2, 0.25) is 5.91 Å². The summed E-state index contributed by atoms with van der Waals surface area (Å²) in [5.74, 6) is 0.660. The second kappa shape index (κ2) is 6.29. The number of fused-ring (bicyclic) bond motifs is 1. The van der Waals surface area contributed by atoms with Crippen molar-refractivity contribution in [1.82, 2.24) is 9.88 Å². The zero-order valence-electron chi connectivity index (χ0n) is 14.4. The third-order valence-electron chi connectivity index (χ3n) is 4.82. The molecule has 1 aliphatic heterocycles. The van der Waals surface area contributed by atoms with Gasteiger partial charge >= 0.3 is 0 Å². The molecule has 1 atom stereocenters. The van der Waals surface area contributed by atoms with E-state index >= 15 is 0 Å². The van der Waals surface area contributed by atoms with E-state index < -0.39 is 0 Å². The molecule has 2 amide bonds. The summed E-state index contributed by atoms with van der Waals surface area (Å²) >= 11 is 0. The lowest BCUT2D eigenvalue weighted by Gasteiger charge is -2.17. The van der Waals surface area contributed by atoms with E-state index in [1.807, 2.05) is 43.3 Å². The highest BCUT2D eigenvalue weighted by Gasteiger charge is 2.31. The normalized spacial score (nSPS) is 17.0. The average Bonchev–Trinajstić information content (AvgIpc) is 3.29. The predicted octanol–water partition coefficient (Wildman–Crippen LogP) is 2.75. The quantitative estimate of drug-likeness (QED) is 0.787. The summed E-state index contributed by atoms with van der Waals surface area (Å²) in [6, 6.07) is 13.0. The number of pyridine rings is 1. The number of aromatic nitrogens is 1. The van der Waals surface area contributed by atoms with Gasteiger partial charge in [0.05, 0.1) is 17.0 Å². The molecule has 26 heavy (non-hydrogen) atoms. The van der Waals surface area contributed by atoms with Crippen LogP contribution in [0.1, 0.15) is 22.5 Å². The molecule has 0 spiro atoms. The maximum absolute atomic E-state index is 13.1. The van der Waals surface area contributed by atoms with Crippen molar-refractivity contribution in [1.29, 1.82) is 0 Å². The minimum atomic E-state index is -0.355. The number of aryl methyl sites for hydroxylation is 1. The number of likely N-dealkylation sites (tertiary alicyclic amines) is 1. The molecule has 1 aliphatic rings. The Labute approximate surface area is 150 Å². The van der Waals surface area contributed by atoms with Gasteiger partial charge < -0.3 is 15.1 Å². The van der Waals surface area contributed by atoms with Gasteiger partial charge in [0.1, 0.15) is 11.5 Å². The Morgan fingerprint density at radius 3 is 2.73 bits per heavy atom. The van der Waals surface area contributed by atoms with Crippen molar-refractivity contribution in [2.24, 2.45) is 11.7 Å². The number of rotatable bonds is 3. The molecule has 3 heterocycles. The van der Waals surface area contributed by atoms with Crippen LogP contribution in [0, 0.1) is 12.8 Å². The van der Waals surface area contributed by atoms with E-state index in [0.29, 0.717) is 36.5 Å². The number of nitrogens with two attached hydrogens (primary N) is 1. The molecular formula is C20H19N3O3. The Morgan fingerprint density at radius 1 is 1.23 bits per heavy atom. The van der Waals surface area contributed by atoms with E-state index in [1.54, 1.807) is 11.0 Å². The SMILES string of the molecule is Cc1ccc(-c2cc(C(=O)N3CC[C@H](C(N)=O)C3)c3ccccc3n2)o1. The topological polar surface area (TPSA) is 89.4 Å². The third kappa shape index (κ3) is 2.83.